The Balaban J connectivity index is 2.17. The number of benzene rings is 2. The standard InChI is InChI=1S/C15H13NO2/c1-10-5-3-4-6-12(10)15-16-13-9-11(17-2)7-8-14(13)18-15/h3-9H,1-2H3. The Bertz CT molecular complexity index is 701. The van der Waals surface area contributed by atoms with Crippen molar-refractivity contribution in [3.05, 3.63) is 48.0 Å². The second-order valence-corrected chi connectivity index (χ2v) is 4.17. The highest BCUT2D eigenvalue weighted by molar-refractivity contribution is 5.78. The molecule has 3 heteroatoms. The van der Waals surface area contributed by atoms with Gasteiger partial charge in [0.15, 0.2) is 5.58 Å². The summed E-state index contributed by atoms with van der Waals surface area (Å²) in [6, 6.07) is 13.7. The molecule has 0 aliphatic carbocycles. The van der Waals surface area contributed by atoms with Crippen LogP contribution < -0.4 is 4.74 Å². The summed E-state index contributed by atoms with van der Waals surface area (Å²) < 4.78 is 10.9. The van der Waals surface area contributed by atoms with E-state index >= 15 is 0 Å². The van der Waals surface area contributed by atoms with Gasteiger partial charge in [0.2, 0.25) is 5.89 Å². The molecule has 1 aromatic heterocycles. The summed E-state index contributed by atoms with van der Waals surface area (Å²) >= 11 is 0. The molecule has 0 bridgehead atoms. The number of oxazole rings is 1. The van der Waals surface area contributed by atoms with E-state index in [1.807, 2.05) is 49.4 Å². The van der Waals surface area contributed by atoms with Gasteiger partial charge in [0.25, 0.3) is 0 Å². The molecule has 0 fully saturated rings. The van der Waals surface area contributed by atoms with Gasteiger partial charge in [-0.25, -0.2) is 4.98 Å². The molecule has 2 aromatic carbocycles. The third kappa shape index (κ3) is 1.74. The fourth-order valence-corrected chi connectivity index (χ4v) is 1.96. The predicted octanol–water partition coefficient (Wildman–Crippen LogP) is 3.81. The first-order chi connectivity index (χ1) is 8.78. The Hall–Kier alpha value is -2.29. The average molecular weight is 239 g/mol. The number of rotatable bonds is 2. The second kappa shape index (κ2) is 4.18. The average Bonchev–Trinajstić information content (AvgIpc) is 2.81. The lowest BCUT2D eigenvalue weighted by Gasteiger charge is -1.98. The minimum absolute atomic E-state index is 0.649. The first-order valence-corrected chi connectivity index (χ1v) is 5.78. The maximum atomic E-state index is 5.77. The number of aromatic nitrogens is 1. The normalized spacial score (nSPS) is 10.8. The van der Waals surface area contributed by atoms with Gasteiger partial charge in [-0.15, -0.1) is 0 Å². The van der Waals surface area contributed by atoms with Crippen LogP contribution in [0.25, 0.3) is 22.6 Å². The molecule has 0 radical (unpaired) electrons. The summed E-state index contributed by atoms with van der Waals surface area (Å²) in [7, 11) is 1.64. The van der Waals surface area contributed by atoms with Gasteiger partial charge in [0.05, 0.1) is 7.11 Å². The van der Waals surface area contributed by atoms with E-state index in [-0.39, 0.29) is 0 Å². The van der Waals surface area contributed by atoms with Crippen LogP contribution in [0.2, 0.25) is 0 Å². The van der Waals surface area contributed by atoms with E-state index in [1.165, 1.54) is 0 Å². The second-order valence-electron chi connectivity index (χ2n) is 4.17. The summed E-state index contributed by atoms with van der Waals surface area (Å²) in [6.45, 7) is 2.05. The molecule has 3 aromatic rings. The third-order valence-corrected chi connectivity index (χ3v) is 2.97. The van der Waals surface area contributed by atoms with E-state index in [1.54, 1.807) is 7.11 Å². The lowest BCUT2D eigenvalue weighted by atomic mass is 10.1. The molecule has 0 amide bonds. The molecule has 0 aliphatic rings. The van der Waals surface area contributed by atoms with Gasteiger partial charge in [-0.1, -0.05) is 18.2 Å². The molecule has 0 spiro atoms. The summed E-state index contributed by atoms with van der Waals surface area (Å²) in [4.78, 5) is 4.51. The molecule has 0 unspecified atom stereocenters. The van der Waals surface area contributed by atoms with Crippen molar-refractivity contribution in [1.82, 2.24) is 4.98 Å². The molecular formula is C15H13NO2. The Morgan fingerprint density at radius 3 is 2.72 bits per heavy atom. The van der Waals surface area contributed by atoms with Crippen LogP contribution in [0, 0.1) is 6.92 Å². The van der Waals surface area contributed by atoms with Crippen LogP contribution in [-0.4, -0.2) is 12.1 Å². The molecule has 18 heavy (non-hydrogen) atoms. The molecule has 0 atom stereocenters. The number of hydrogen-bond acceptors (Lipinski definition) is 3. The van der Waals surface area contributed by atoms with Gasteiger partial charge in [0, 0.05) is 11.6 Å². The molecule has 90 valence electrons. The van der Waals surface area contributed by atoms with Crippen LogP contribution in [-0.2, 0) is 0 Å². The SMILES string of the molecule is COc1ccc2oc(-c3ccccc3C)nc2c1. The van der Waals surface area contributed by atoms with Crippen LogP contribution >= 0.6 is 0 Å². The van der Waals surface area contributed by atoms with Crippen molar-refractivity contribution >= 4 is 11.1 Å². The molecule has 3 rings (SSSR count). The number of hydrogen-bond donors (Lipinski definition) is 0. The van der Waals surface area contributed by atoms with Crippen molar-refractivity contribution < 1.29 is 9.15 Å². The minimum Gasteiger partial charge on any atom is -0.497 e. The number of aryl methyl sites for hydroxylation is 1. The fraction of sp³-hybridized carbons (Fsp3) is 0.133. The maximum absolute atomic E-state index is 5.77. The summed E-state index contributed by atoms with van der Waals surface area (Å²) in [5.41, 5.74) is 3.75. The summed E-state index contributed by atoms with van der Waals surface area (Å²) in [5, 5.41) is 0. The lowest BCUT2D eigenvalue weighted by Crippen LogP contribution is -1.82. The van der Waals surface area contributed by atoms with E-state index in [9.17, 15) is 0 Å². The highest BCUT2D eigenvalue weighted by Crippen LogP contribution is 2.28. The highest BCUT2D eigenvalue weighted by Gasteiger charge is 2.10. The lowest BCUT2D eigenvalue weighted by molar-refractivity contribution is 0.415. The number of ether oxygens (including phenoxy) is 1. The number of fused-ring (bicyclic) bond motifs is 1. The zero-order chi connectivity index (χ0) is 12.5. The third-order valence-electron chi connectivity index (χ3n) is 2.97. The van der Waals surface area contributed by atoms with Crippen molar-refractivity contribution in [3.8, 4) is 17.2 Å². The topological polar surface area (TPSA) is 35.3 Å². The van der Waals surface area contributed by atoms with E-state index in [0.29, 0.717) is 5.89 Å². The van der Waals surface area contributed by atoms with Crippen molar-refractivity contribution in [2.24, 2.45) is 0 Å². The van der Waals surface area contributed by atoms with Crippen molar-refractivity contribution in [2.75, 3.05) is 7.11 Å². The molecule has 3 nitrogen and oxygen atoms in total. The van der Waals surface area contributed by atoms with Crippen molar-refractivity contribution in [2.45, 2.75) is 6.92 Å². The van der Waals surface area contributed by atoms with E-state index in [4.69, 9.17) is 9.15 Å². The van der Waals surface area contributed by atoms with E-state index in [0.717, 1.165) is 28.0 Å². The highest BCUT2D eigenvalue weighted by atomic mass is 16.5. The zero-order valence-electron chi connectivity index (χ0n) is 10.3. The van der Waals surface area contributed by atoms with Gasteiger partial charge in [-0.05, 0) is 30.7 Å². The predicted molar refractivity (Wildman–Crippen MR) is 70.7 cm³/mol. The summed E-state index contributed by atoms with van der Waals surface area (Å²) in [6.07, 6.45) is 0. The Kier molecular flexibility index (Phi) is 2.52. The molecule has 0 aliphatic heterocycles. The van der Waals surface area contributed by atoms with Crippen LogP contribution in [0.3, 0.4) is 0 Å². The minimum atomic E-state index is 0.649. The number of nitrogens with zero attached hydrogens (tertiary/aromatic N) is 1. The number of methoxy groups -OCH3 is 1. The zero-order valence-corrected chi connectivity index (χ0v) is 10.3. The van der Waals surface area contributed by atoms with E-state index in [2.05, 4.69) is 4.98 Å². The van der Waals surface area contributed by atoms with E-state index < -0.39 is 0 Å². The first kappa shape index (κ1) is 10.8. The molecule has 1 heterocycles. The molecular weight excluding hydrogens is 226 g/mol. The van der Waals surface area contributed by atoms with Gasteiger partial charge >= 0.3 is 0 Å². The van der Waals surface area contributed by atoms with Crippen LogP contribution in [0.15, 0.2) is 46.9 Å². The maximum Gasteiger partial charge on any atom is 0.227 e. The summed E-state index contributed by atoms with van der Waals surface area (Å²) in [5.74, 6) is 1.43. The largest absolute Gasteiger partial charge is 0.497 e. The monoisotopic (exact) mass is 239 g/mol. The fourth-order valence-electron chi connectivity index (χ4n) is 1.96. The van der Waals surface area contributed by atoms with Crippen molar-refractivity contribution in [1.29, 1.82) is 0 Å². The van der Waals surface area contributed by atoms with Crippen molar-refractivity contribution in [3.63, 3.8) is 0 Å². The molecule has 0 saturated carbocycles. The molecule has 0 saturated heterocycles. The quantitative estimate of drug-likeness (QED) is 0.682. The van der Waals surface area contributed by atoms with Gasteiger partial charge in [-0.2, -0.15) is 0 Å². The van der Waals surface area contributed by atoms with Crippen LogP contribution in [0.5, 0.6) is 5.75 Å². The van der Waals surface area contributed by atoms with Gasteiger partial charge < -0.3 is 9.15 Å². The van der Waals surface area contributed by atoms with Crippen LogP contribution in [0.4, 0.5) is 0 Å². The first-order valence-electron chi connectivity index (χ1n) is 5.78. The smallest absolute Gasteiger partial charge is 0.227 e. The Morgan fingerprint density at radius 2 is 1.94 bits per heavy atom. The van der Waals surface area contributed by atoms with Gasteiger partial charge in [0.1, 0.15) is 11.3 Å². The van der Waals surface area contributed by atoms with Gasteiger partial charge in [-0.3, -0.25) is 0 Å². The van der Waals surface area contributed by atoms with Crippen LogP contribution in [0.1, 0.15) is 5.56 Å². The molecule has 0 N–H and O–H groups in total. The Labute approximate surface area is 105 Å². The Morgan fingerprint density at radius 1 is 1.11 bits per heavy atom.